The van der Waals surface area contributed by atoms with Crippen molar-refractivity contribution in [3.8, 4) is 0 Å². The average Bonchev–Trinajstić information content (AvgIpc) is 3.29. The number of esters is 1. The number of likely N-dealkylation sites (N-methyl/N-ethyl adjacent to an activating group) is 1. The molecule has 1 N–H and O–H groups in total. The Hall–Kier alpha value is -1.51. The van der Waals surface area contributed by atoms with Gasteiger partial charge in [0.2, 0.25) is 5.91 Å². The van der Waals surface area contributed by atoms with E-state index in [1.165, 1.54) is 180 Å². The van der Waals surface area contributed by atoms with Gasteiger partial charge < -0.3 is 28.5 Å². The lowest BCUT2D eigenvalue weighted by molar-refractivity contribution is -0.870. The summed E-state index contributed by atoms with van der Waals surface area (Å²) in [6.45, 7) is 6.85. The van der Waals surface area contributed by atoms with Crippen molar-refractivity contribution < 1.29 is 37.3 Å². The summed E-state index contributed by atoms with van der Waals surface area (Å²) < 4.78 is 30.2. The number of phosphoric ester groups is 1. The van der Waals surface area contributed by atoms with Crippen LogP contribution in [0.4, 0.5) is 0 Å². The molecule has 402 valence electrons. The van der Waals surface area contributed by atoms with Crippen LogP contribution in [0, 0.1) is 0 Å². The smallest absolute Gasteiger partial charge is 0.306 e. The number of carbonyl (C=O) groups excluding carboxylic acids is 2. The fraction of sp³-hybridized carbons (Fsp3) is 0.897. The Kier molecular flexibility index (Phi) is 48.0. The molecule has 0 saturated carbocycles. The Morgan fingerprint density at radius 3 is 1.26 bits per heavy atom. The van der Waals surface area contributed by atoms with Crippen molar-refractivity contribution >= 4 is 19.7 Å². The van der Waals surface area contributed by atoms with Gasteiger partial charge in [0.15, 0.2) is 0 Å². The molecule has 0 saturated heterocycles. The number of nitrogens with one attached hydrogen (secondary N) is 1. The van der Waals surface area contributed by atoms with Crippen molar-refractivity contribution in [3.63, 3.8) is 0 Å². The molecule has 0 radical (unpaired) electrons. The Balaban J connectivity index is 5.35. The Labute approximate surface area is 422 Å². The number of nitrogens with zero attached hydrogens (tertiary/aromatic N) is 1. The van der Waals surface area contributed by atoms with Crippen LogP contribution in [-0.4, -0.2) is 69.4 Å². The minimum atomic E-state index is -4.69. The predicted octanol–water partition coefficient (Wildman–Crippen LogP) is 16.8. The van der Waals surface area contributed by atoms with Gasteiger partial charge in [-0.05, 0) is 57.4 Å². The van der Waals surface area contributed by atoms with Gasteiger partial charge in [-0.3, -0.25) is 14.2 Å². The van der Waals surface area contributed by atoms with Crippen molar-refractivity contribution in [1.82, 2.24) is 5.32 Å². The predicted molar refractivity (Wildman–Crippen MR) is 289 cm³/mol. The maximum absolute atomic E-state index is 13.5. The molecule has 0 spiro atoms. The first-order valence-corrected chi connectivity index (χ1v) is 30.6. The molecule has 0 aromatic heterocycles. The number of unbranched alkanes of at least 4 members (excludes halogenated alkanes) is 35. The molecule has 0 aliphatic rings. The van der Waals surface area contributed by atoms with Crippen molar-refractivity contribution in [3.05, 3.63) is 24.3 Å². The third kappa shape index (κ3) is 49.5. The molecular formula is C58H113N2O7P. The van der Waals surface area contributed by atoms with E-state index < -0.39 is 20.0 Å². The van der Waals surface area contributed by atoms with E-state index in [1.807, 2.05) is 33.3 Å². The number of hydrogen-bond donors (Lipinski definition) is 1. The number of quaternary nitrogens is 1. The topological polar surface area (TPSA) is 114 Å². The molecular weight excluding hydrogens is 868 g/mol. The van der Waals surface area contributed by atoms with Gasteiger partial charge in [-0.15, -0.1) is 0 Å². The molecule has 3 unspecified atom stereocenters. The van der Waals surface area contributed by atoms with Crippen molar-refractivity contribution in [2.75, 3.05) is 40.9 Å². The molecule has 0 bridgehead atoms. The summed E-state index contributed by atoms with van der Waals surface area (Å²) in [6, 6.07) is -0.883. The third-order valence-corrected chi connectivity index (χ3v) is 14.1. The fourth-order valence-electron chi connectivity index (χ4n) is 8.58. The van der Waals surface area contributed by atoms with E-state index in [1.54, 1.807) is 0 Å². The number of allylic oxidation sites excluding steroid dienone is 3. The van der Waals surface area contributed by atoms with Gasteiger partial charge in [-0.25, -0.2) is 0 Å². The molecule has 0 aromatic rings. The highest BCUT2D eigenvalue weighted by Gasteiger charge is 2.27. The van der Waals surface area contributed by atoms with Crippen molar-refractivity contribution in [2.45, 2.75) is 296 Å². The molecule has 1 amide bonds. The average molecular weight is 982 g/mol. The second-order valence-electron chi connectivity index (χ2n) is 21.2. The SMILES string of the molecule is CCCCCC/C=C\CCCCCCCCCC(=O)OC(/C=C/CCCCCCCCCCCCC)C(COP(=O)([O-])OCC[N+](C)(C)C)NC(=O)CCCCCCCCCCCCCCCC. The van der Waals surface area contributed by atoms with Crippen LogP contribution >= 0.6 is 7.82 Å². The first-order chi connectivity index (χ1) is 32.9. The molecule has 0 aliphatic carbocycles. The number of carbonyl (C=O) groups is 2. The Bertz CT molecular complexity index is 1220. The van der Waals surface area contributed by atoms with Gasteiger partial charge >= 0.3 is 5.97 Å². The number of phosphoric acid groups is 1. The highest BCUT2D eigenvalue weighted by Crippen LogP contribution is 2.38. The summed E-state index contributed by atoms with van der Waals surface area (Å²) >= 11 is 0. The van der Waals surface area contributed by atoms with E-state index in [-0.39, 0.29) is 31.5 Å². The number of rotatable bonds is 53. The monoisotopic (exact) mass is 981 g/mol. The minimum Gasteiger partial charge on any atom is -0.756 e. The molecule has 68 heavy (non-hydrogen) atoms. The zero-order valence-corrected chi connectivity index (χ0v) is 46.7. The molecule has 0 aromatic carbocycles. The first kappa shape index (κ1) is 66.5. The number of amides is 1. The lowest BCUT2D eigenvalue weighted by Crippen LogP contribution is -2.47. The van der Waals surface area contributed by atoms with Crippen LogP contribution in [0.3, 0.4) is 0 Å². The maximum Gasteiger partial charge on any atom is 0.306 e. The van der Waals surface area contributed by atoms with Crippen LogP contribution in [-0.2, 0) is 27.9 Å². The molecule has 9 nitrogen and oxygen atoms in total. The molecule has 0 heterocycles. The van der Waals surface area contributed by atoms with E-state index in [0.29, 0.717) is 17.4 Å². The number of hydrogen-bond acceptors (Lipinski definition) is 7. The van der Waals surface area contributed by atoms with Crippen LogP contribution in [0.25, 0.3) is 0 Å². The standard InChI is InChI=1S/C58H113N2O7P/c1-7-10-13-16-19-22-25-28-30-33-36-39-42-45-48-51-58(62)67-56(49-46-43-40-37-34-31-27-24-21-18-15-12-9-3)55(54-66-68(63,64)65-53-52-60(4,5)6)59-57(61)50-47-44-41-38-35-32-29-26-23-20-17-14-11-8-2/h22,25,46,49,55-56H,7-21,23-24,26-45,47-48,50-54H2,1-6H3,(H-,59,61,63,64)/b25-22-,49-46+. The summed E-state index contributed by atoms with van der Waals surface area (Å²) in [5, 5.41) is 3.03. The first-order valence-electron chi connectivity index (χ1n) is 29.1. The fourth-order valence-corrected chi connectivity index (χ4v) is 9.30. The minimum absolute atomic E-state index is 0.0195. The van der Waals surface area contributed by atoms with E-state index in [0.717, 1.165) is 70.6 Å². The largest absolute Gasteiger partial charge is 0.756 e. The Morgan fingerprint density at radius 1 is 0.500 bits per heavy atom. The lowest BCUT2D eigenvalue weighted by atomic mass is 10.0. The van der Waals surface area contributed by atoms with Gasteiger partial charge in [0.25, 0.3) is 7.82 Å². The van der Waals surface area contributed by atoms with E-state index >= 15 is 0 Å². The summed E-state index contributed by atoms with van der Waals surface area (Å²) in [4.78, 5) is 39.8. The summed E-state index contributed by atoms with van der Waals surface area (Å²) in [5.74, 6) is -0.533. The summed E-state index contributed by atoms with van der Waals surface area (Å²) in [5.41, 5.74) is 0. The quantitative estimate of drug-likeness (QED) is 0.0212. The normalized spacial score (nSPS) is 13.9. The summed E-state index contributed by atoms with van der Waals surface area (Å²) in [7, 11) is 1.20. The second kappa shape index (κ2) is 49.1. The number of ether oxygens (including phenoxy) is 1. The second-order valence-corrected chi connectivity index (χ2v) is 22.6. The van der Waals surface area contributed by atoms with Gasteiger partial charge in [0.05, 0.1) is 33.8 Å². The van der Waals surface area contributed by atoms with Crippen LogP contribution in [0.1, 0.15) is 284 Å². The molecule has 3 atom stereocenters. The summed E-state index contributed by atoms with van der Waals surface area (Å²) in [6.07, 6.45) is 55.6. The molecule has 0 fully saturated rings. The van der Waals surface area contributed by atoms with Crippen molar-refractivity contribution in [2.24, 2.45) is 0 Å². The zero-order valence-electron chi connectivity index (χ0n) is 45.8. The van der Waals surface area contributed by atoms with E-state index in [9.17, 15) is 19.0 Å². The molecule has 0 rings (SSSR count). The maximum atomic E-state index is 13.5. The van der Waals surface area contributed by atoms with E-state index in [2.05, 4.69) is 38.2 Å². The van der Waals surface area contributed by atoms with Gasteiger partial charge in [0, 0.05) is 12.8 Å². The highest BCUT2D eigenvalue weighted by molar-refractivity contribution is 7.45. The Morgan fingerprint density at radius 2 is 0.853 bits per heavy atom. The van der Waals surface area contributed by atoms with Crippen molar-refractivity contribution in [1.29, 1.82) is 0 Å². The highest BCUT2D eigenvalue weighted by atomic mass is 31.2. The van der Waals surface area contributed by atoms with Gasteiger partial charge in [-0.2, -0.15) is 0 Å². The van der Waals surface area contributed by atoms with Crippen LogP contribution < -0.4 is 10.2 Å². The lowest BCUT2D eigenvalue weighted by Gasteiger charge is -2.30. The van der Waals surface area contributed by atoms with Gasteiger partial charge in [0.1, 0.15) is 19.3 Å². The molecule has 10 heteroatoms. The van der Waals surface area contributed by atoms with Gasteiger partial charge in [-0.1, -0.05) is 238 Å². The van der Waals surface area contributed by atoms with Crippen LogP contribution in [0.5, 0.6) is 0 Å². The zero-order chi connectivity index (χ0) is 50.1. The van der Waals surface area contributed by atoms with Crippen LogP contribution in [0.2, 0.25) is 0 Å². The van der Waals surface area contributed by atoms with E-state index in [4.69, 9.17) is 13.8 Å². The molecule has 0 aliphatic heterocycles. The third-order valence-electron chi connectivity index (χ3n) is 13.1. The van der Waals surface area contributed by atoms with Crippen LogP contribution in [0.15, 0.2) is 24.3 Å².